The molecule has 6 rings (SSSR count). The number of nitrogens with zero attached hydrogens (tertiary/aromatic N) is 6. The first kappa shape index (κ1) is 25.0. The number of aromatic nitrogens is 3. The molecule has 0 saturated carbocycles. The van der Waals surface area contributed by atoms with Crippen LogP contribution in [-0.4, -0.2) is 51.8 Å². The largest absolute Gasteiger partial charge is 0.355 e. The van der Waals surface area contributed by atoms with Crippen molar-refractivity contribution in [1.82, 2.24) is 19.7 Å². The van der Waals surface area contributed by atoms with Crippen molar-refractivity contribution in [2.75, 3.05) is 31.1 Å². The van der Waals surface area contributed by atoms with Gasteiger partial charge in [0.15, 0.2) is 0 Å². The first-order chi connectivity index (χ1) is 18.8. The van der Waals surface area contributed by atoms with Crippen LogP contribution < -0.4 is 4.90 Å². The second-order valence-corrected chi connectivity index (χ2v) is 10.4. The third-order valence-electron chi connectivity index (χ3n) is 7.65. The fourth-order valence-corrected chi connectivity index (χ4v) is 6.04. The maximum Gasteiger partial charge on any atom is 0.333 e. The van der Waals surface area contributed by atoms with Crippen molar-refractivity contribution < 1.29 is 13.6 Å². The quantitative estimate of drug-likeness (QED) is 0.292. The number of amides is 1. The number of rotatable bonds is 5. The zero-order valence-corrected chi connectivity index (χ0v) is 21.6. The summed E-state index contributed by atoms with van der Waals surface area (Å²) in [4.78, 5) is 20.8. The van der Waals surface area contributed by atoms with Crippen LogP contribution in [0, 0.1) is 16.7 Å². The van der Waals surface area contributed by atoms with Gasteiger partial charge >= 0.3 is 6.55 Å². The molecule has 196 valence electrons. The Morgan fingerprint density at radius 2 is 1.97 bits per heavy atom. The highest BCUT2D eigenvalue weighted by Crippen LogP contribution is 2.45. The third kappa shape index (κ3) is 4.12. The Balaban J connectivity index is 1.50. The van der Waals surface area contributed by atoms with E-state index in [4.69, 9.17) is 16.6 Å². The number of fused-ring (bicyclic) bond motifs is 1. The Morgan fingerprint density at radius 3 is 2.69 bits per heavy atom. The normalized spacial score (nSPS) is 16.1. The minimum Gasteiger partial charge on any atom is -0.355 e. The minimum absolute atomic E-state index is 0.0712. The SMILES string of the molecule is C=CC(=O)N1CC2(CCN(c3nc4cc(-c5ccnn5C(F)F)ccc4c(-c4ccccc4Cl)c3C#N)C2)C1. The summed E-state index contributed by atoms with van der Waals surface area (Å²) in [6.07, 6.45) is 3.51. The molecular formula is C29H23ClF2N6O. The van der Waals surface area contributed by atoms with Crippen LogP contribution in [-0.2, 0) is 4.79 Å². The molecule has 0 unspecified atom stereocenters. The molecule has 0 bridgehead atoms. The van der Waals surface area contributed by atoms with E-state index >= 15 is 0 Å². The van der Waals surface area contributed by atoms with Gasteiger partial charge in [0.2, 0.25) is 5.91 Å². The zero-order valence-electron chi connectivity index (χ0n) is 20.8. The summed E-state index contributed by atoms with van der Waals surface area (Å²) in [5.41, 5.74) is 3.01. The number of halogens is 3. The summed E-state index contributed by atoms with van der Waals surface area (Å²) < 4.78 is 27.8. The van der Waals surface area contributed by atoms with Gasteiger partial charge in [-0.1, -0.05) is 48.5 Å². The molecule has 2 aromatic carbocycles. The summed E-state index contributed by atoms with van der Waals surface area (Å²) in [5, 5.41) is 15.3. The van der Waals surface area contributed by atoms with Crippen molar-refractivity contribution in [3.63, 3.8) is 0 Å². The molecule has 2 aromatic heterocycles. The maximum absolute atomic E-state index is 13.6. The van der Waals surface area contributed by atoms with Crippen molar-refractivity contribution in [1.29, 1.82) is 5.26 Å². The number of likely N-dealkylation sites (tertiary alicyclic amines) is 1. The van der Waals surface area contributed by atoms with E-state index < -0.39 is 6.55 Å². The van der Waals surface area contributed by atoms with Crippen LogP contribution >= 0.6 is 11.6 Å². The van der Waals surface area contributed by atoms with Crippen molar-refractivity contribution in [3.05, 3.63) is 78.0 Å². The van der Waals surface area contributed by atoms with Gasteiger partial charge in [-0.15, -0.1) is 0 Å². The van der Waals surface area contributed by atoms with Crippen LogP contribution in [0.5, 0.6) is 0 Å². The molecule has 2 aliphatic rings. The Morgan fingerprint density at radius 1 is 1.18 bits per heavy atom. The monoisotopic (exact) mass is 544 g/mol. The van der Waals surface area contributed by atoms with Crippen LogP contribution in [0.3, 0.4) is 0 Å². The van der Waals surface area contributed by atoms with E-state index in [-0.39, 0.29) is 17.0 Å². The fraction of sp³-hybridized carbons (Fsp3) is 0.241. The predicted molar refractivity (Wildman–Crippen MR) is 145 cm³/mol. The van der Waals surface area contributed by atoms with Gasteiger partial charge in [-0.2, -0.15) is 19.1 Å². The van der Waals surface area contributed by atoms with Gasteiger partial charge in [-0.05, 0) is 30.7 Å². The van der Waals surface area contributed by atoms with Crippen molar-refractivity contribution in [3.8, 4) is 28.5 Å². The molecular weight excluding hydrogens is 522 g/mol. The average molecular weight is 545 g/mol. The standard InChI is InChI=1S/C29H23ClF2N6O/c1-2-25(39)37-16-29(17-37)10-12-36(15-29)27-21(14-33)26(19-5-3-4-6-22(19)30)20-8-7-18(13-23(20)35-27)24-9-11-34-38(24)28(31)32/h2-9,11,13,28H,1,10,12,15-17H2. The number of anilines is 1. The molecule has 0 aliphatic carbocycles. The summed E-state index contributed by atoms with van der Waals surface area (Å²) in [5.74, 6) is 0.432. The summed E-state index contributed by atoms with van der Waals surface area (Å²) in [6.45, 7) is 3.35. The molecule has 2 saturated heterocycles. The van der Waals surface area contributed by atoms with E-state index in [1.165, 1.54) is 18.3 Å². The number of carbonyl (C=O) groups is 1. The molecule has 1 spiro atoms. The van der Waals surface area contributed by atoms with Crippen LogP contribution in [0.15, 0.2) is 67.4 Å². The Labute approximate surface area is 228 Å². The lowest BCUT2D eigenvalue weighted by Crippen LogP contribution is -2.59. The van der Waals surface area contributed by atoms with Gasteiger partial charge in [0.05, 0.1) is 11.2 Å². The summed E-state index contributed by atoms with van der Waals surface area (Å²) in [6, 6.07) is 16.5. The number of hydrogen-bond acceptors (Lipinski definition) is 5. The van der Waals surface area contributed by atoms with Crippen LogP contribution in [0.1, 0.15) is 18.5 Å². The van der Waals surface area contributed by atoms with E-state index in [0.717, 1.165) is 6.42 Å². The van der Waals surface area contributed by atoms with E-state index in [2.05, 4.69) is 22.6 Å². The molecule has 4 aromatic rings. The van der Waals surface area contributed by atoms with Crippen LogP contribution in [0.4, 0.5) is 14.6 Å². The van der Waals surface area contributed by atoms with Crippen LogP contribution in [0.2, 0.25) is 5.02 Å². The molecule has 0 atom stereocenters. The van der Waals surface area contributed by atoms with E-state index in [1.807, 2.05) is 18.2 Å². The second kappa shape index (κ2) is 9.47. The molecule has 4 heterocycles. The van der Waals surface area contributed by atoms with E-state index in [1.54, 1.807) is 29.2 Å². The number of alkyl halides is 2. The fourth-order valence-electron chi connectivity index (χ4n) is 5.81. The molecule has 1 amide bonds. The second-order valence-electron chi connectivity index (χ2n) is 10.0. The maximum atomic E-state index is 13.6. The molecule has 2 fully saturated rings. The average Bonchev–Trinajstić information content (AvgIpc) is 3.59. The third-order valence-corrected chi connectivity index (χ3v) is 7.98. The van der Waals surface area contributed by atoms with Crippen LogP contribution in [0.25, 0.3) is 33.3 Å². The Kier molecular flexibility index (Phi) is 6.07. The first-order valence-electron chi connectivity index (χ1n) is 12.5. The minimum atomic E-state index is -2.79. The lowest BCUT2D eigenvalue weighted by atomic mass is 9.79. The zero-order chi connectivity index (χ0) is 27.3. The summed E-state index contributed by atoms with van der Waals surface area (Å²) >= 11 is 6.62. The van der Waals surface area contributed by atoms with Crippen molar-refractivity contribution >= 4 is 34.2 Å². The Bertz CT molecular complexity index is 1670. The predicted octanol–water partition coefficient (Wildman–Crippen LogP) is 5.91. The summed E-state index contributed by atoms with van der Waals surface area (Å²) in [7, 11) is 0. The lowest BCUT2D eigenvalue weighted by Gasteiger charge is -2.47. The number of benzene rings is 2. The van der Waals surface area contributed by atoms with Gasteiger partial charge in [0, 0.05) is 64.9 Å². The van der Waals surface area contributed by atoms with Gasteiger partial charge in [-0.25, -0.2) is 9.67 Å². The number of carbonyl (C=O) groups excluding carboxylic acids is 1. The number of nitriles is 1. The smallest absolute Gasteiger partial charge is 0.333 e. The van der Waals surface area contributed by atoms with E-state index in [0.29, 0.717) is 74.9 Å². The Hall–Kier alpha value is -4.29. The van der Waals surface area contributed by atoms with E-state index in [9.17, 15) is 18.8 Å². The molecule has 39 heavy (non-hydrogen) atoms. The highest BCUT2D eigenvalue weighted by Gasteiger charge is 2.49. The highest BCUT2D eigenvalue weighted by molar-refractivity contribution is 6.34. The lowest BCUT2D eigenvalue weighted by molar-refractivity contribution is -0.136. The first-order valence-corrected chi connectivity index (χ1v) is 12.8. The molecule has 2 aliphatic heterocycles. The number of pyridine rings is 1. The van der Waals surface area contributed by atoms with Crippen molar-refractivity contribution in [2.24, 2.45) is 5.41 Å². The van der Waals surface area contributed by atoms with Gasteiger partial charge in [-0.3, -0.25) is 4.79 Å². The molecule has 7 nitrogen and oxygen atoms in total. The van der Waals surface area contributed by atoms with Crippen molar-refractivity contribution in [2.45, 2.75) is 13.0 Å². The van der Waals surface area contributed by atoms with Gasteiger partial charge in [0.25, 0.3) is 0 Å². The molecule has 0 radical (unpaired) electrons. The van der Waals surface area contributed by atoms with Gasteiger partial charge in [0.1, 0.15) is 17.5 Å². The topological polar surface area (TPSA) is 78.1 Å². The molecule has 10 heteroatoms. The highest BCUT2D eigenvalue weighted by atomic mass is 35.5. The number of hydrogen-bond donors (Lipinski definition) is 0. The molecule has 0 N–H and O–H groups in total. The van der Waals surface area contributed by atoms with Gasteiger partial charge < -0.3 is 9.80 Å².